The Balaban J connectivity index is 2.36. The number of rotatable bonds is 3. The minimum atomic E-state index is -3.73. The molecule has 0 aromatic carbocycles. The van der Waals surface area contributed by atoms with E-state index in [1.165, 1.54) is 24.7 Å². The number of nitrogens with zero attached hydrogens (tertiary/aromatic N) is 3. The molecule has 2 heterocycles. The van der Waals surface area contributed by atoms with Crippen LogP contribution < -0.4 is 10.5 Å². The highest BCUT2D eigenvalue weighted by molar-refractivity contribution is 7.92. The second-order valence-corrected chi connectivity index (χ2v) is 5.43. The average molecular weight is 267 g/mol. The van der Waals surface area contributed by atoms with Gasteiger partial charge < -0.3 is 10.3 Å². The van der Waals surface area contributed by atoms with Crippen molar-refractivity contribution in [1.29, 1.82) is 0 Å². The number of aromatic nitrogens is 3. The van der Waals surface area contributed by atoms with E-state index in [0.717, 1.165) is 0 Å². The molecule has 18 heavy (non-hydrogen) atoms. The van der Waals surface area contributed by atoms with Crippen LogP contribution in [0.4, 0.5) is 11.4 Å². The molecule has 2 aromatic rings. The molecule has 0 aliphatic rings. The van der Waals surface area contributed by atoms with E-state index in [4.69, 9.17) is 5.73 Å². The summed E-state index contributed by atoms with van der Waals surface area (Å²) in [5.74, 6) is 0.609. The number of anilines is 2. The highest BCUT2D eigenvalue weighted by Crippen LogP contribution is 2.20. The quantitative estimate of drug-likeness (QED) is 0.843. The maximum Gasteiger partial charge on any atom is 0.281 e. The fourth-order valence-electron chi connectivity index (χ4n) is 1.35. The van der Waals surface area contributed by atoms with Gasteiger partial charge >= 0.3 is 0 Å². The van der Waals surface area contributed by atoms with Crippen molar-refractivity contribution < 1.29 is 8.42 Å². The van der Waals surface area contributed by atoms with Crippen LogP contribution in [0.25, 0.3) is 0 Å². The number of aryl methyl sites for hydroxylation is 2. The number of hydrogen-bond donors (Lipinski definition) is 2. The molecular weight excluding hydrogens is 254 g/mol. The maximum absolute atomic E-state index is 12.1. The van der Waals surface area contributed by atoms with Crippen LogP contribution >= 0.6 is 0 Å². The SMILES string of the molecule is Cc1nc(S(=O)(=O)Nc2ccncc2N)cn1C. The van der Waals surface area contributed by atoms with Crippen LogP contribution in [0.1, 0.15) is 5.82 Å². The topological polar surface area (TPSA) is 103 Å². The Hall–Kier alpha value is -2.09. The predicted molar refractivity (Wildman–Crippen MR) is 67.4 cm³/mol. The Morgan fingerprint density at radius 2 is 2.17 bits per heavy atom. The first-order chi connectivity index (χ1) is 8.40. The summed E-state index contributed by atoms with van der Waals surface area (Å²) in [6.07, 6.45) is 4.27. The summed E-state index contributed by atoms with van der Waals surface area (Å²) in [6, 6.07) is 1.49. The average Bonchev–Trinajstić information content (AvgIpc) is 2.63. The monoisotopic (exact) mass is 267 g/mol. The van der Waals surface area contributed by atoms with Crippen LogP contribution in [-0.2, 0) is 17.1 Å². The molecule has 2 aromatic heterocycles. The Bertz CT molecular complexity index is 658. The summed E-state index contributed by atoms with van der Waals surface area (Å²) in [4.78, 5) is 7.75. The second-order valence-electron chi connectivity index (χ2n) is 3.81. The minimum absolute atomic E-state index is 0.0429. The third kappa shape index (κ3) is 2.28. The molecule has 0 radical (unpaired) electrons. The molecule has 0 spiro atoms. The number of pyridine rings is 1. The van der Waals surface area contributed by atoms with E-state index in [2.05, 4.69) is 14.7 Å². The molecule has 3 N–H and O–H groups in total. The molecule has 96 valence electrons. The smallest absolute Gasteiger partial charge is 0.281 e. The van der Waals surface area contributed by atoms with Gasteiger partial charge in [0.15, 0.2) is 5.03 Å². The molecule has 8 heteroatoms. The van der Waals surface area contributed by atoms with Crippen molar-refractivity contribution in [2.24, 2.45) is 7.05 Å². The van der Waals surface area contributed by atoms with Crippen molar-refractivity contribution in [2.45, 2.75) is 11.9 Å². The molecule has 0 bridgehead atoms. The zero-order chi connectivity index (χ0) is 13.3. The first-order valence-corrected chi connectivity index (χ1v) is 6.61. The van der Waals surface area contributed by atoms with Gasteiger partial charge in [-0.05, 0) is 13.0 Å². The molecule has 0 unspecified atom stereocenters. The summed E-state index contributed by atoms with van der Waals surface area (Å²) in [7, 11) is -2.00. The van der Waals surface area contributed by atoms with E-state index in [1.807, 2.05) is 0 Å². The number of nitrogens with one attached hydrogen (secondary N) is 1. The summed E-state index contributed by atoms with van der Waals surface area (Å²) in [5, 5.41) is -0.0429. The molecule has 0 fully saturated rings. The van der Waals surface area contributed by atoms with Crippen LogP contribution in [0.15, 0.2) is 29.7 Å². The van der Waals surface area contributed by atoms with Crippen molar-refractivity contribution in [1.82, 2.24) is 14.5 Å². The van der Waals surface area contributed by atoms with E-state index in [0.29, 0.717) is 5.82 Å². The van der Waals surface area contributed by atoms with Crippen molar-refractivity contribution in [3.05, 3.63) is 30.5 Å². The number of hydrogen-bond acceptors (Lipinski definition) is 5. The number of nitrogens with two attached hydrogens (primary N) is 1. The third-order valence-corrected chi connectivity index (χ3v) is 3.69. The minimum Gasteiger partial charge on any atom is -0.396 e. The highest BCUT2D eigenvalue weighted by atomic mass is 32.2. The van der Waals surface area contributed by atoms with Gasteiger partial charge in [-0.15, -0.1) is 0 Å². The predicted octanol–water partition coefficient (Wildman–Crippen LogP) is 0.507. The summed E-state index contributed by atoms with van der Waals surface area (Å²) in [5.41, 5.74) is 6.17. The lowest BCUT2D eigenvalue weighted by Crippen LogP contribution is -2.14. The fourth-order valence-corrected chi connectivity index (χ4v) is 2.48. The molecule has 2 rings (SSSR count). The van der Waals surface area contributed by atoms with Gasteiger partial charge in [0.1, 0.15) is 5.82 Å². The Morgan fingerprint density at radius 1 is 1.44 bits per heavy atom. The largest absolute Gasteiger partial charge is 0.396 e. The lowest BCUT2D eigenvalue weighted by atomic mass is 10.4. The van der Waals surface area contributed by atoms with Crippen LogP contribution in [0.5, 0.6) is 0 Å². The molecule has 0 aliphatic heterocycles. The Kier molecular flexibility index (Phi) is 2.95. The standard InChI is InChI=1S/C10H13N5O2S/c1-7-13-10(6-15(7)2)18(16,17)14-9-3-4-12-5-8(9)11/h3-6H,11H2,1-2H3,(H,12,14). The Labute approximate surface area is 105 Å². The zero-order valence-electron chi connectivity index (χ0n) is 9.95. The molecule has 0 aliphatic carbocycles. The molecule has 0 atom stereocenters. The lowest BCUT2D eigenvalue weighted by Gasteiger charge is -2.07. The number of imidazole rings is 1. The van der Waals surface area contributed by atoms with Gasteiger partial charge in [0.25, 0.3) is 10.0 Å². The van der Waals surface area contributed by atoms with E-state index in [-0.39, 0.29) is 16.4 Å². The van der Waals surface area contributed by atoms with Crippen LogP contribution in [0.2, 0.25) is 0 Å². The highest BCUT2D eigenvalue weighted by Gasteiger charge is 2.19. The Morgan fingerprint density at radius 3 is 2.72 bits per heavy atom. The zero-order valence-corrected chi connectivity index (χ0v) is 10.8. The van der Waals surface area contributed by atoms with Crippen LogP contribution in [0, 0.1) is 6.92 Å². The van der Waals surface area contributed by atoms with Gasteiger partial charge in [-0.2, -0.15) is 8.42 Å². The first kappa shape index (κ1) is 12.4. The fraction of sp³-hybridized carbons (Fsp3) is 0.200. The van der Waals surface area contributed by atoms with Gasteiger partial charge in [0, 0.05) is 19.4 Å². The van der Waals surface area contributed by atoms with Crippen molar-refractivity contribution in [2.75, 3.05) is 10.5 Å². The van der Waals surface area contributed by atoms with Gasteiger partial charge in [0.05, 0.1) is 17.6 Å². The third-order valence-electron chi connectivity index (χ3n) is 2.46. The number of nitrogen functional groups attached to an aromatic ring is 1. The van der Waals surface area contributed by atoms with E-state index in [9.17, 15) is 8.42 Å². The lowest BCUT2D eigenvalue weighted by molar-refractivity contribution is 0.598. The van der Waals surface area contributed by atoms with Crippen molar-refractivity contribution in [3.63, 3.8) is 0 Å². The maximum atomic E-state index is 12.1. The molecular formula is C10H13N5O2S. The van der Waals surface area contributed by atoms with Gasteiger partial charge in [-0.1, -0.05) is 0 Å². The molecule has 0 saturated carbocycles. The number of sulfonamides is 1. The van der Waals surface area contributed by atoms with Crippen LogP contribution in [-0.4, -0.2) is 23.0 Å². The van der Waals surface area contributed by atoms with E-state index < -0.39 is 10.0 Å². The van der Waals surface area contributed by atoms with Gasteiger partial charge in [-0.25, -0.2) is 4.98 Å². The van der Waals surface area contributed by atoms with Crippen LogP contribution in [0.3, 0.4) is 0 Å². The van der Waals surface area contributed by atoms with Gasteiger partial charge in [-0.3, -0.25) is 9.71 Å². The van der Waals surface area contributed by atoms with Crippen molar-refractivity contribution >= 4 is 21.4 Å². The normalized spacial score (nSPS) is 11.4. The van der Waals surface area contributed by atoms with E-state index in [1.54, 1.807) is 18.5 Å². The first-order valence-electron chi connectivity index (χ1n) is 5.12. The molecule has 0 saturated heterocycles. The summed E-state index contributed by atoms with van der Waals surface area (Å²) < 4.78 is 28.1. The van der Waals surface area contributed by atoms with E-state index >= 15 is 0 Å². The summed E-state index contributed by atoms with van der Waals surface area (Å²) in [6.45, 7) is 1.72. The summed E-state index contributed by atoms with van der Waals surface area (Å²) >= 11 is 0. The second kappa shape index (κ2) is 4.30. The molecule has 7 nitrogen and oxygen atoms in total. The molecule has 0 amide bonds. The van der Waals surface area contributed by atoms with Gasteiger partial charge in [0.2, 0.25) is 0 Å². The van der Waals surface area contributed by atoms with Crippen molar-refractivity contribution in [3.8, 4) is 0 Å².